The van der Waals surface area contributed by atoms with Gasteiger partial charge in [-0.1, -0.05) is 32.5 Å². The lowest BCUT2D eigenvalue weighted by Crippen LogP contribution is -2.46. The molecule has 1 amide bonds. The Labute approximate surface area is 165 Å². The van der Waals surface area contributed by atoms with Gasteiger partial charge in [-0.25, -0.2) is 0 Å². The molecule has 0 unspecified atom stereocenters. The molecule has 0 aliphatic heterocycles. The highest BCUT2D eigenvalue weighted by molar-refractivity contribution is 7.99. The molecule has 0 atom stereocenters. The topological polar surface area (TPSA) is 72.7 Å². The van der Waals surface area contributed by atoms with Crippen LogP contribution in [0.2, 0.25) is 0 Å². The van der Waals surface area contributed by atoms with Crippen LogP contribution in [0.25, 0.3) is 11.4 Å². The summed E-state index contributed by atoms with van der Waals surface area (Å²) in [6.45, 7) is 10.7. The van der Waals surface area contributed by atoms with Crippen LogP contribution in [-0.4, -0.2) is 36.9 Å². The molecule has 0 radical (unpaired) electrons. The molecule has 1 fully saturated rings. The van der Waals surface area contributed by atoms with Crippen LogP contribution in [-0.2, 0) is 4.79 Å². The van der Waals surface area contributed by atoms with E-state index >= 15 is 0 Å². The second-order valence-electron chi connectivity index (χ2n) is 9.10. The molecule has 0 aromatic carbocycles. The van der Waals surface area contributed by atoms with Crippen molar-refractivity contribution >= 4 is 17.7 Å². The van der Waals surface area contributed by atoms with E-state index in [-0.39, 0.29) is 16.9 Å². The van der Waals surface area contributed by atoms with Gasteiger partial charge in [0.1, 0.15) is 0 Å². The molecule has 6 nitrogen and oxygen atoms in total. The number of aromatic nitrogens is 4. The van der Waals surface area contributed by atoms with Gasteiger partial charge in [0.25, 0.3) is 0 Å². The number of hydrogen-bond acceptors (Lipinski definition) is 5. The van der Waals surface area contributed by atoms with Gasteiger partial charge in [-0.15, -0.1) is 10.2 Å². The summed E-state index contributed by atoms with van der Waals surface area (Å²) < 4.78 is 2.17. The Kier molecular flexibility index (Phi) is 5.60. The van der Waals surface area contributed by atoms with Crippen LogP contribution in [0, 0.1) is 5.41 Å². The van der Waals surface area contributed by atoms with Gasteiger partial charge in [0.15, 0.2) is 11.0 Å². The molecular formula is C20H29N5OS. The Morgan fingerprint density at radius 2 is 1.85 bits per heavy atom. The molecule has 146 valence electrons. The number of thioether (sulfide) groups is 1. The minimum absolute atomic E-state index is 0.0325. The van der Waals surface area contributed by atoms with Crippen molar-refractivity contribution in [3.8, 4) is 11.4 Å². The Morgan fingerprint density at radius 1 is 1.19 bits per heavy atom. The van der Waals surface area contributed by atoms with Gasteiger partial charge < -0.3 is 5.32 Å². The Morgan fingerprint density at radius 3 is 2.44 bits per heavy atom. The van der Waals surface area contributed by atoms with Crippen molar-refractivity contribution in [1.82, 2.24) is 25.1 Å². The van der Waals surface area contributed by atoms with Crippen molar-refractivity contribution in [1.29, 1.82) is 0 Å². The lowest BCUT2D eigenvalue weighted by Gasteiger charge is -2.33. The summed E-state index contributed by atoms with van der Waals surface area (Å²) in [4.78, 5) is 16.6. The molecule has 2 aromatic rings. The summed E-state index contributed by atoms with van der Waals surface area (Å²) in [6.07, 6.45) is 6.71. The molecule has 1 saturated carbocycles. The van der Waals surface area contributed by atoms with E-state index in [1.807, 2.05) is 12.1 Å². The number of nitrogens with one attached hydrogen (secondary N) is 1. The molecule has 0 spiro atoms. The van der Waals surface area contributed by atoms with Crippen LogP contribution in [0.5, 0.6) is 0 Å². The van der Waals surface area contributed by atoms with Crippen molar-refractivity contribution in [2.75, 3.05) is 5.75 Å². The Balaban J connectivity index is 1.66. The Bertz CT molecular complexity index is 790. The summed E-state index contributed by atoms with van der Waals surface area (Å²) in [7, 11) is 0. The first kappa shape index (κ1) is 19.9. The zero-order valence-corrected chi connectivity index (χ0v) is 17.6. The van der Waals surface area contributed by atoms with Gasteiger partial charge in [0.05, 0.1) is 5.75 Å². The van der Waals surface area contributed by atoms with E-state index < -0.39 is 0 Å². The summed E-state index contributed by atoms with van der Waals surface area (Å²) in [5, 5.41) is 12.7. The third-order valence-corrected chi connectivity index (χ3v) is 5.24. The molecule has 1 N–H and O–H groups in total. The van der Waals surface area contributed by atoms with Gasteiger partial charge in [-0.05, 0) is 50.7 Å². The molecule has 27 heavy (non-hydrogen) atoms. The van der Waals surface area contributed by atoms with Crippen molar-refractivity contribution in [3.05, 3.63) is 24.5 Å². The molecule has 0 bridgehead atoms. The van der Waals surface area contributed by atoms with Crippen LogP contribution in [0.4, 0.5) is 0 Å². The first-order valence-corrected chi connectivity index (χ1v) is 10.4. The number of pyridine rings is 1. The van der Waals surface area contributed by atoms with E-state index in [0.29, 0.717) is 11.8 Å². The lowest BCUT2D eigenvalue weighted by molar-refractivity contribution is -0.120. The van der Waals surface area contributed by atoms with Crippen LogP contribution in [0.3, 0.4) is 0 Å². The molecule has 0 saturated heterocycles. The highest BCUT2D eigenvalue weighted by Gasteiger charge is 2.31. The monoisotopic (exact) mass is 387 g/mol. The summed E-state index contributed by atoms with van der Waals surface area (Å²) >= 11 is 1.46. The van der Waals surface area contributed by atoms with Gasteiger partial charge >= 0.3 is 0 Å². The third-order valence-electron chi connectivity index (χ3n) is 4.30. The van der Waals surface area contributed by atoms with Crippen molar-refractivity contribution < 1.29 is 4.79 Å². The van der Waals surface area contributed by atoms with Gasteiger partial charge in [0, 0.05) is 29.5 Å². The van der Waals surface area contributed by atoms with Crippen LogP contribution >= 0.6 is 11.8 Å². The summed E-state index contributed by atoms with van der Waals surface area (Å²) in [5.41, 5.74) is 0.935. The van der Waals surface area contributed by atoms with E-state index in [0.717, 1.165) is 35.8 Å². The average molecular weight is 388 g/mol. The predicted octanol–water partition coefficient (Wildman–Crippen LogP) is 4.10. The van der Waals surface area contributed by atoms with E-state index in [9.17, 15) is 4.79 Å². The molecule has 3 rings (SSSR count). The number of amides is 1. The fourth-order valence-corrected chi connectivity index (χ4v) is 4.45. The number of carbonyl (C=O) groups excluding carboxylic acids is 1. The van der Waals surface area contributed by atoms with Crippen molar-refractivity contribution in [2.24, 2.45) is 5.41 Å². The summed E-state index contributed by atoms with van der Waals surface area (Å²) in [6, 6.07) is 4.32. The largest absolute Gasteiger partial charge is 0.350 e. The van der Waals surface area contributed by atoms with Crippen LogP contribution in [0.15, 0.2) is 29.7 Å². The maximum absolute atomic E-state index is 12.5. The number of carbonyl (C=O) groups is 1. The fraction of sp³-hybridized carbons (Fsp3) is 0.600. The molecular weight excluding hydrogens is 358 g/mol. The van der Waals surface area contributed by atoms with E-state index in [2.05, 4.69) is 59.7 Å². The quantitative estimate of drug-likeness (QED) is 0.724. The van der Waals surface area contributed by atoms with E-state index in [4.69, 9.17) is 0 Å². The number of rotatable bonds is 7. The summed E-state index contributed by atoms with van der Waals surface area (Å²) in [5.74, 6) is 1.23. The van der Waals surface area contributed by atoms with Crippen molar-refractivity contribution in [2.45, 2.75) is 70.6 Å². The van der Waals surface area contributed by atoms with Crippen LogP contribution < -0.4 is 5.32 Å². The smallest absolute Gasteiger partial charge is 0.230 e. The molecule has 2 aromatic heterocycles. The van der Waals surface area contributed by atoms with E-state index in [1.54, 1.807) is 12.4 Å². The third kappa shape index (κ3) is 5.54. The molecule has 1 aliphatic rings. The molecule has 7 heteroatoms. The number of nitrogens with zero attached hydrogens (tertiary/aromatic N) is 4. The maximum atomic E-state index is 12.5. The minimum Gasteiger partial charge on any atom is -0.350 e. The highest BCUT2D eigenvalue weighted by atomic mass is 32.2. The molecule has 1 aliphatic carbocycles. The van der Waals surface area contributed by atoms with Gasteiger partial charge in [-0.2, -0.15) is 0 Å². The van der Waals surface area contributed by atoms with Crippen LogP contribution in [0.1, 0.15) is 59.9 Å². The fourth-order valence-electron chi connectivity index (χ4n) is 3.65. The highest BCUT2D eigenvalue weighted by Crippen LogP contribution is 2.41. The van der Waals surface area contributed by atoms with Crippen molar-refractivity contribution in [3.63, 3.8) is 0 Å². The van der Waals surface area contributed by atoms with Gasteiger partial charge in [0.2, 0.25) is 5.91 Å². The normalized spacial score (nSPS) is 15.0. The zero-order chi connectivity index (χ0) is 19.7. The minimum atomic E-state index is -0.234. The predicted molar refractivity (Wildman–Crippen MR) is 109 cm³/mol. The Hall–Kier alpha value is -1.89. The number of hydrogen-bond donors (Lipinski definition) is 1. The lowest BCUT2D eigenvalue weighted by atomic mass is 9.82. The second kappa shape index (κ2) is 7.62. The van der Waals surface area contributed by atoms with E-state index in [1.165, 1.54) is 11.8 Å². The second-order valence-corrected chi connectivity index (χ2v) is 10.0. The van der Waals surface area contributed by atoms with Gasteiger partial charge in [-0.3, -0.25) is 14.3 Å². The average Bonchev–Trinajstić information content (AvgIpc) is 3.30. The first-order chi connectivity index (χ1) is 12.6. The molecule has 2 heterocycles. The standard InChI is InChI=1S/C20H29N5OS/c1-19(2,3)13-20(4,5)22-16(26)12-27-18-24-23-17(25(18)15-6-7-15)14-8-10-21-11-9-14/h8-11,15H,6-7,12-13H2,1-5H3,(H,22,26). The zero-order valence-electron chi connectivity index (χ0n) is 16.8. The SMILES string of the molecule is CC(C)(C)CC(C)(C)NC(=O)CSc1nnc(-c2ccncc2)n1C1CC1. The maximum Gasteiger partial charge on any atom is 0.230 e. The first-order valence-electron chi connectivity index (χ1n) is 9.44.